The number of thioether (sulfide) groups is 1. The van der Waals surface area contributed by atoms with Crippen LogP contribution in [0, 0.1) is 6.92 Å². The lowest BCUT2D eigenvalue weighted by molar-refractivity contribution is 0.0994. The number of thiophene rings is 1. The number of anilines is 1. The lowest BCUT2D eigenvalue weighted by atomic mass is 10.1. The number of nitrogens with two attached hydrogens (primary N) is 1. The first-order chi connectivity index (χ1) is 10.5. The monoisotopic (exact) mass is 329 g/mol. The van der Waals surface area contributed by atoms with Crippen LogP contribution in [0.2, 0.25) is 0 Å². The van der Waals surface area contributed by atoms with Gasteiger partial charge >= 0.3 is 0 Å². The maximum atomic E-state index is 12.5. The molecule has 22 heavy (non-hydrogen) atoms. The second-order valence-electron chi connectivity index (χ2n) is 5.02. The van der Waals surface area contributed by atoms with Crippen LogP contribution < -0.4 is 5.73 Å². The molecule has 4 nitrogen and oxygen atoms in total. The average molecular weight is 329 g/mol. The molecule has 2 aromatic heterocycles. The highest BCUT2D eigenvalue weighted by molar-refractivity contribution is 8.00. The molecule has 0 saturated carbocycles. The highest BCUT2D eigenvalue weighted by Gasteiger charge is 2.18. The second-order valence-corrected chi connectivity index (χ2v) is 7.22. The standard InChI is InChI=1S/C16H15N3OS2/c1-9-3-5-11(6-4-9)13(20)10(2)22-16-18-14(17)12-7-8-21-15(12)19-16/h3-8,10H,1-2H3,(H2,17,18,19). The molecule has 0 saturated heterocycles. The third kappa shape index (κ3) is 2.98. The molecular formula is C16H15N3OS2. The van der Waals surface area contributed by atoms with Gasteiger partial charge in [-0.15, -0.1) is 11.3 Å². The number of hydrogen-bond donors (Lipinski definition) is 1. The Balaban J connectivity index is 1.81. The molecule has 3 aromatic rings. The van der Waals surface area contributed by atoms with Gasteiger partial charge < -0.3 is 5.73 Å². The minimum Gasteiger partial charge on any atom is -0.383 e. The second kappa shape index (κ2) is 6.06. The third-order valence-corrected chi connectivity index (χ3v) is 5.09. The molecule has 0 aliphatic rings. The maximum Gasteiger partial charge on any atom is 0.191 e. The van der Waals surface area contributed by atoms with Crippen molar-refractivity contribution in [3.8, 4) is 0 Å². The molecule has 3 rings (SSSR count). The summed E-state index contributed by atoms with van der Waals surface area (Å²) < 4.78 is 0. The Labute approximate surface area is 136 Å². The van der Waals surface area contributed by atoms with Crippen molar-refractivity contribution in [3.05, 3.63) is 46.8 Å². The zero-order chi connectivity index (χ0) is 15.7. The molecule has 0 radical (unpaired) electrons. The van der Waals surface area contributed by atoms with Crippen LogP contribution in [0.15, 0.2) is 40.9 Å². The fourth-order valence-corrected chi connectivity index (χ4v) is 3.76. The fourth-order valence-electron chi connectivity index (χ4n) is 2.07. The Hall–Kier alpha value is -1.92. The Morgan fingerprint density at radius 3 is 2.68 bits per heavy atom. The van der Waals surface area contributed by atoms with Crippen LogP contribution in [0.5, 0.6) is 0 Å². The third-order valence-electron chi connectivity index (χ3n) is 3.32. The highest BCUT2D eigenvalue weighted by atomic mass is 32.2. The van der Waals surface area contributed by atoms with E-state index in [1.54, 1.807) is 0 Å². The van der Waals surface area contributed by atoms with Crippen molar-refractivity contribution in [2.45, 2.75) is 24.3 Å². The summed E-state index contributed by atoms with van der Waals surface area (Å²) in [5.74, 6) is 0.530. The molecule has 6 heteroatoms. The predicted octanol–water partition coefficient (Wildman–Crippen LogP) is 3.95. The smallest absolute Gasteiger partial charge is 0.191 e. The van der Waals surface area contributed by atoms with Crippen LogP contribution >= 0.6 is 23.1 Å². The summed E-state index contributed by atoms with van der Waals surface area (Å²) in [4.78, 5) is 22.1. The zero-order valence-corrected chi connectivity index (χ0v) is 13.9. The summed E-state index contributed by atoms with van der Waals surface area (Å²) in [6, 6.07) is 9.50. The predicted molar refractivity (Wildman–Crippen MR) is 92.7 cm³/mol. The quantitative estimate of drug-likeness (QED) is 0.446. The largest absolute Gasteiger partial charge is 0.383 e. The number of ketones is 1. The lowest BCUT2D eigenvalue weighted by Crippen LogP contribution is -2.14. The summed E-state index contributed by atoms with van der Waals surface area (Å²) in [6.07, 6.45) is 0. The Morgan fingerprint density at radius 2 is 1.95 bits per heavy atom. The molecule has 0 aliphatic heterocycles. The Bertz CT molecular complexity index is 827. The Morgan fingerprint density at radius 1 is 1.23 bits per heavy atom. The van der Waals surface area contributed by atoms with E-state index in [0.717, 1.165) is 15.8 Å². The number of aryl methyl sites for hydroxylation is 1. The summed E-state index contributed by atoms with van der Waals surface area (Å²) in [5.41, 5.74) is 7.78. The molecule has 2 heterocycles. The van der Waals surface area contributed by atoms with Gasteiger partial charge in [-0.05, 0) is 25.3 Å². The van der Waals surface area contributed by atoms with Gasteiger partial charge in [-0.1, -0.05) is 41.6 Å². The summed E-state index contributed by atoms with van der Waals surface area (Å²) in [6.45, 7) is 3.87. The van der Waals surface area contributed by atoms with Crippen LogP contribution in [0.25, 0.3) is 10.2 Å². The van der Waals surface area contributed by atoms with Gasteiger partial charge in [0.2, 0.25) is 0 Å². The van der Waals surface area contributed by atoms with E-state index in [2.05, 4.69) is 9.97 Å². The van der Waals surface area contributed by atoms with Gasteiger partial charge in [-0.3, -0.25) is 4.79 Å². The van der Waals surface area contributed by atoms with Gasteiger partial charge in [0.1, 0.15) is 10.6 Å². The molecule has 112 valence electrons. The minimum absolute atomic E-state index is 0.0680. The molecule has 0 aliphatic carbocycles. The van der Waals surface area contributed by atoms with Crippen molar-refractivity contribution in [2.75, 3.05) is 5.73 Å². The first-order valence-electron chi connectivity index (χ1n) is 6.83. The van der Waals surface area contributed by atoms with Gasteiger partial charge in [0.25, 0.3) is 0 Å². The van der Waals surface area contributed by atoms with Crippen molar-refractivity contribution >= 4 is 44.9 Å². The van der Waals surface area contributed by atoms with E-state index < -0.39 is 0 Å². The number of nitrogen functional groups attached to an aromatic ring is 1. The van der Waals surface area contributed by atoms with Crippen molar-refractivity contribution in [3.63, 3.8) is 0 Å². The van der Waals surface area contributed by atoms with E-state index in [0.29, 0.717) is 16.5 Å². The molecule has 1 atom stereocenters. The number of rotatable bonds is 4. The Kier molecular flexibility index (Phi) is 4.13. The average Bonchev–Trinajstić information content (AvgIpc) is 2.96. The molecule has 2 N–H and O–H groups in total. The fraction of sp³-hybridized carbons (Fsp3) is 0.188. The van der Waals surface area contributed by atoms with E-state index >= 15 is 0 Å². The SMILES string of the molecule is Cc1ccc(C(=O)C(C)Sc2nc(N)c3ccsc3n2)cc1. The molecular weight excluding hydrogens is 314 g/mol. The van der Waals surface area contributed by atoms with Crippen molar-refractivity contribution in [1.82, 2.24) is 9.97 Å². The summed E-state index contributed by atoms with van der Waals surface area (Å²) in [5, 5.41) is 3.08. The number of nitrogens with zero attached hydrogens (tertiary/aromatic N) is 2. The number of benzene rings is 1. The summed E-state index contributed by atoms with van der Waals surface area (Å²) >= 11 is 2.86. The molecule has 1 aromatic carbocycles. The van der Waals surface area contributed by atoms with Gasteiger partial charge in [-0.2, -0.15) is 0 Å². The minimum atomic E-state index is -0.264. The van der Waals surface area contributed by atoms with Crippen molar-refractivity contribution in [2.24, 2.45) is 0 Å². The van der Waals surface area contributed by atoms with Gasteiger partial charge in [0.05, 0.1) is 10.6 Å². The van der Waals surface area contributed by atoms with Crippen LogP contribution in [0.4, 0.5) is 5.82 Å². The molecule has 0 bridgehead atoms. The highest BCUT2D eigenvalue weighted by Crippen LogP contribution is 2.29. The normalized spacial score (nSPS) is 12.5. The zero-order valence-electron chi connectivity index (χ0n) is 12.2. The van der Waals surface area contributed by atoms with E-state index in [1.165, 1.54) is 23.1 Å². The van der Waals surface area contributed by atoms with Gasteiger partial charge in [-0.25, -0.2) is 9.97 Å². The lowest BCUT2D eigenvalue weighted by Gasteiger charge is -2.10. The number of fused-ring (bicyclic) bond motifs is 1. The van der Waals surface area contributed by atoms with Crippen molar-refractivity contribution < 1.29 is 4.79 Å². The van der Waals surface area contributed by atoms with Crippen LogP contribution in [-0.2, 0) is 0 Å². The van der Waals surface area contributed by atoms with E-state index in [9.17, 15) is 4.79 Å². The first-order valence-corrected chi connectivity index (χ1v) is 8.59. The first kappa shape index (κ1) is 15.0. The van der Waals surface area contributed by atoms with Crippen LogP contribution in [0.3, 0.4) is 0 Å². The summed E-state index contributed by atoms with van der Waals surface area (Å²) in [7, 11) is 0. The van der Waals surface area contributed by atoms with E-state index in [1.807, 2.05) is 49.6 Å². The van der Waals surface area contributed by atoms with Crippen LogP contribution in [-0.4, -0.2) is 21.0 Å². The maximum absolute atomic E-state index is 12.5. The molecule has 0 spiro atoms. The number of Topliss-reactive ketones (excluding diaryl/α,β-unsaturated/α-hetero) is 1. The topological polar surface area (TPSA) is 68.9 Å². The van der Waals surface area contributed by atoms with E-state index in [4.69, 9.17) is 5.73 Å². The molecule has 0 fully saturated rings. The number of hydrogen-bond acceptors (Lipinski definition) is 6. The number of carbonyl (C=O) groups excluding carboxylic acids is 1. The molecule has 1 unspecified atom stereocenters. The molecule has 0 amide bonds. The van der Waals surface area contributed by atoms with Crippen LogP contribution in [0.1, 0.15) is 22.8 Å². The number of carbonyl (C=O) groups is 1. The number of aromatic nitrogens is 2. The van der Waals surface area contributed by atoms with Crippen molar-refractivity contribution in [1.29, 1.82) is 0 Å². The van der Waals surface area contributed by atoms with Gasteiger partial charge in [0, 0.05) is 5.56 Å². The van der Waals surface area contributed by atoms with E-state index in [-0.39, 0.29) is 11.0 Å². The van der Waals surface area contributed by atoms with Gasteiger partial charge in [0.15, 0.2) is 10.9 Å².